The number of hydrogen-bond acceptors (Lipinski definition) is 2. The van der Waals surface area contributed by atoms with Crippen molar-refractivity contribution < 1.29 is 19.1 Å². The molecule has 0 aliphatic rings. The van der Waals surface area contributed by atoms with Crippen molar-refractivity contribution in [2.75, 3.05) is 13.1 Å². The Morgan fingerprint density at radius 2 is 1.79 bits per heavy atom. The van der Waals surface area contributed by atoms with Gasteiger partial charge in [0.2, 0.25) is 5.91 Å². The minimum atomic E-state index is -0.983. The molecular formula is C14H26FNO3. The summed E-state index contributed by atoms with van der Waals surface area (Å²) < 4.78 is 12.9. The zero-order valence-electron chi connectivity index (χ0n) is 12.0. The molecule has 19 heavy (non-hydrogen) atoms. The summed E-state index contributed by atoms with van der Waals surface area (Å²) in [7, 11) is 0. The number of unbranched alkanes of at least 4 members (excludes halogenated alkanes) is 3. The third kappa shape index (κ3) is 9.45. The van der Waals surface area contributed by atoms with E-state index in [4.69, 9.17) is 5.11 Å². The van der Waals surface area contributed by atoms with E-state index in [0.29, 0.717) is 25.8 Å². The Kier molecular flexibility index (Phi) is 10.1. The monoisotopic (exact) mass is 275 g/mol. The summed E-state index contributed by atoms with van der Waals surface area (Å²) in [5.74, 6) is -1.09. The maximum Gasteiger partial charge on any atom is 0.323 e. The number of likely N-dealkylation sites (N-methyl/N-ethyl adjacent to an activating group) is 1. The van der Waals surface area contributed by atoms with Gasteiger partial charge in [-0.15, -0.1) is 0 Å². The predicted molar refractivity (Wildman–Crippen MR) is 72.8 cm³/mol. The molecule has 0 spiro atoms. The van der Waals surface area contributed by atoms with Crippen LogP contribution in [0.3, 0.4) is 0 Å². The van der Waals surface area contributed by atoms with Crippen molar-refractivity contribution in [2.45, 2.75) is 65.0 Å². The third-order valence-electron chi connectivity index (χ3n) is 3.16. The molecule has 1 N–H and O–H groups in total. The largest absolute Gasteiger partial charge is 0.480 e. The van der Waals surface area contributed by atoms with Crippen molar-refractivity contribution in [2.24, 2.45) is 0 Å². The highest BCUT2D eigenvalue weighted by Crippen LogP contribution is 2.12. The van der Waals surface area contributed by atoms with Crippen LogP contribution >= 0.6 is 0 Å². The molecule has 5 heteroatoms. The first-order valence-corrected chi connectivity index (χ1v) is 7.14. The van der Waals surface area contributed by atoms with E-state index in [1.54, 1.807) is 6.92 Å². The molecule has 1 atom stereocenters. The van der Waals surface area contributed by atoms with Crippen molar-refractivity contribution in [1.29, 1.82) is 0 Å². The van der Waals surface area contributed by atoms with Gasteiger partial charge in [-0.05, 0) is 26.2 Å². The lowest BCUT2D eigenvalue weighted by Gasteiger charge is -2.18. The van der Waals surface area contributed by atoms with Gasteiger partial charge in [-0.1, -0.05) is 26.2 Å². The Morgan fingerprint density at radius 1 is 1.16 bits per heavy atom. The van der Waals surface area contributed by atoms with E-state index in [1.165, 1.54) is 4.90 Å². The molecule has 0 aromatic carbocycles. The molecule has 0 aliphatic carbocycles. The highest BCUT2D eigenvalue weighted by atomic mass is 19.1. The molecule has 0 radical (unpaired) electrons. The van der Waals surface area contributed by atoms with E-state index in [-0.39, 0.29) is 12.5 Å². The number of alkyl halides is 1. The van der Waals surface area contributed by atoms with E-state index in [9.17, 15) is 14.0 Å². The number of halogens is 1. The van der Waals surface area contributed by atoms with Crippen LogP contribution in [0.25, 0.3) is 0 Å². The fourth-order valence-corrected chi connectivity index (χ4v) is 1.90. The number of carbonyl (C=O) groups is 2. The molecule has 0 aromatic rings. The fraction of sp³-hybridized carbons (Fsp3) is 0.857. The summed E-state index contributed by atoms with van der Waals surface area (Å²) in [5.41, 5.74) is 0. The second-order valence-electron chi connectivity index (χ2n) is 4.76. The molecule has 0 bridgehead atoms. The summed E-state index contributed by atoms with van der Waals surface area (Å²) >= 11 is 0. The van der Waals surface area contributed by atoms with Crippen LogP contribution in [0, 0.1) is 0 Å². The van der Waals surface area contributed by atoms with Gasteiger partial charge in [0.15, 0.2) is 0 Å². The van der Waals surface area contributed by atoms with Gasteiger partial charge < -0.3 is 10.0 Å². The Hall–Kier alpha value is -1.13. The molecular weight excluding hydrogens is 249 g/mol. The number of hydrogen-bond donors (Lipinski definition) is 1. The van der Waals surface area contributed by atoms with Crippen molar-refractivity contribution in [3.63, 3.8) is 0 Å². The van der Waals surface area contributed by atoms with Crippen molar-refractivity contribution >= 4 is 11.9 Å². The van der Waals surface area contributed by atoms with Crippen LogP contribution in [0.15, 0.2) is 0 Å². The topological polar surface area (TPSA) is 57.6 Å². The van der Waals surface area contributed by atoms with Gasteiger partial charge in [-0.2, -0.15) is 0 Å². The van der Waals surface area contributed by atoms with Crippen molar-refractivity contribution in [3.8, 4) is 0 Å². The summed E-state index contributed by atoms with van der Waals surface area (Å²) in [6, 6.07) is 0. The van der Waals surface area contributed by atoms with Gasteiger partial charge in [0.25, 0.3) is 0 Å². The van der Waals surface area contributed by atoms with E-state index < -0.39 is 12.1 Å². The first-order chi connectivity index (χ1) is 9.01. The van der Waals surface area contributed by atoms with Crippen LogP contribution in [0.5, 0.6) is 0 Å². The highest BCUT2D eigenvalue weighted by molar-refractivity contribution is 5.81. The van der Waals surface area contributed by atoms with Crippen LogP contribution < -0.4 is 0 Å². The van der Waals surface area contributed by atoms with Gasteiger partial charge >= 0.3 is 5.97 Å². The summed E-state index contributed by atoms with van der Waals surface area (Å²) in [6.45, 7) is 3.80. The normalized spacial score (nSPS) is 12.2. The molecule has 0 aromatic heterocycles. The van der Waals surface area contributed by atoms with Gasteiger partial charge in [-0.3, -0.25) is 9.59 Å². The van der Waals surface area contributed by atoms with Crippen LogP contribution in [0.2, 0.25) is 0 Å². The molecule has 112 valence electrons. The molecule has 1 amide bonds. The Bertz CT molecular complexity index is 271. The minimum Gasteiger partial charge on any atom is -0.480 e. The molecule has 0 rings (SSSR count). The van der Waals surface area contributed by atoms with E-state index >= 15 is 0 Å². The fourth-order valence-electron chi connectivity index (χ4n) is 1.90. The number of nitrogens with zero attached hydrogens (tertiary/aromatic N) is 1. The lowest BCUT2D eigenvalue weighted by molar-refractivity contribution is -0.144. The quantitative estimate of drug-likeness (QED) is 0.590. The maximum absolute atomic E-state index is 12.9. The number of carboxylic acids is 1. The lowest BCUT2D eigenvalue weighted by Crippen LogP contribution is -2.35. The van der Waals surface area contributed by atoms with Gasteiger partial charge in [0.1, 0.15) is 6.54 Å². The molecule has 4 nitrogen and oxygen atoms in total. The Labute approximate surface area is 115 Å². The van der Waals surface area contributed by atoms with Crippen LogP contribution in [-0.2, 0) is 9.59 Å². The van der Waals surface area contributed by atoms with E-state index in [1.807, 2.05) is 6.92 Å². The average molecular weight is 275 g/mol. The van der Waals surface area contributed by atoms with Gasteiger partial charge in [-0.25, -0.2) is 4.39 Å². The SMILES string of the molecule is CCC(F)CCCCCCC(=O)N(CC)CC(=O)O. The number of aliphatic carboxylic acids is 1. The second-order valence-corrected chi connectivity index (χ2v) is 4.76. The van der Waals surface area contributed by atoms with E-state index in [0.717, 1.165) is 25.7 Å². The number of carbonyl (C=O) groups excluding carboxylic acids is 1. The first-order valence-electron chi connectivity index (χ1n) is 7.14. The molecule has 0 heterocycles. The van der Waals surface area contributed by atoms with Crippen LogP contribution in [0.4, 0.5) is 4.39 Å². The zero-order chi connectivity index (χ0) is 14.7. The van der Waals surface area contributed by atoms with Crippen LogP contribution in [-0.4, -0.2) is 41.1 Å². The number of amides is 1. The average Bonchev–Trinajstić information content (AvgIpc) is 2.38. The minimum absolute atomic E-state index is 0.109. The molecule has 1 unspecified atom stereocenters. The smallest absolute Gasteiger partial charge is 0.323 e. The Balaban J connectivity index is 3.64. The summed E-state index contributed by atoms with van der Waals surface area (Å²) in [6.07, 6.45) is 4.28. The third-order valence-corrected chi connectivity index (χ3v) is 3.16. The molecule has 0 aliphatic heterocycles. The number of carboxylic acid groups (broad SMARTS) is 1. The molecule has 0 saturated carbocycles. The standard InChI is InChI=1S/C14H26FNO3/c1-3-12(15)9-7-5-6-8-10-13(17)16(4-2)11-14(18)19/h12H,3-11H2,1-2H3,(H,18,19). The lowest BCUT2D eigenvalue weighted by atomic mass is 10.1. The summed E-state index contributed by atoms with van der Waals surface area (Å²) in [4.78, 5) is 23.6. The van der Waals surface area contributed by atoms with Crippen molar-refractivity contribution in [3.05, 3.63) is 0 Å². The molecule has 0 saturated heterocycles. The molecule has 0 fully saturated rings. The number of rotatable bonds is 11. The maximum atomic E-state index is 12.9. The van der Waals surface area contributed by atoms with Gasteiger partial charge in [0.05, 0.1) is 6.17 Å². The predicted octanol–water partition coefficient (Wildman–Crippen LogP) is 3.01. The van der Waals surface area contributed by atoms with Crippen molar-refractivity contribution in [1.82, 2.24) is 4.90 Å². The Morgan fingerprint density at radius 3 is 2.32 bits per heavy atom. The zero-order valence-corrected chi connectivity index (χ0v) is 12.0. The highest BCUT2D eigenvalue weighted by Gasteiger charge is 2.14. The van der Waals surface area contributed by atoms with E-state index in [2.05, 4.69) is 0 Å². The van der Waals surface area contributed by atoms with Crippen LogP contribution in [0.1, 0.15) is 58.8 Å². The van der Waals surface area contributed by atoms with Gasteiger partial charge in [0, 0.05) is 13.0 Å². The first kappa shape index (κ1) is 17.9. The summed E-state index contributed by atoms with van der Waals surface area (Å²) in [5, 5.41) is 8.65. The second kappa shape index (κ2) is 10.8.